The molecule has 0 N–H and O–H groups in total. The molecule has 10 heteroatoms. The van der Waals surface area contributed by atoms with E-state index in [9.17, 15) is 14.4 Å². The summed E-state index contributed by atoms with van der Waals surface area (Å²) in [6.45, 7) is 14.8. The lowest BCUT2D eigenvalue weighted by atomic mass is 10.2. The zero-order valence-corrected chi connectivity index (χ0v) is 16.6. The van der Waals surface area contributed by atoms with E-state index in [-0.39, 0.29) is 101 Å². The second-order valence-electron chi connectivity index (χ2n) is 5.65. The molecule has 0 unspecified atom stereocenters. The van der Waals surface area contributed by atoms with Gasteiger partial charge >= 0.3 is 25.2 Å². The maximum atomic E-state index is 11.3. The Morgan fingerprint density at radius 1 is 0.500 bits per heavy atom. The van der Waals surface area contributed by atoms with Crippen molar-refractivity contribution in [2.45, 2.75) is 65.3 Å². The van der Waals surface area contributed by atoms with Crippen LogP contribution in [0.15, 0.2) is 36.5 Å². The van der Waals surface area contributed by atoms with Crippen LogP contribution in [0.5, 0.6) is 0 Å². The number of rotatable bonds is 15. The Morgan fingerprint density at radius 2 is 0.706 bits per heavy atom. The van der Waals surface area contributed by atoms with Crippen molar-refractivity contribution < 1.29 is 42.6 Å². The lowest BCUT2D eigenvalue weighted by Gasteiger charge is -2.15. The first-order chi connectivity index (χ1) is 13.1. The SMILES string of the molecule is C.C.C.C.C.C.C=C(C)C(=O)OCCOB(OCCOC(=O)C(=C)C)OCCOC(=O)C(=C)C. The van der Waals surface area contributed by atoms with Crippen LogP contribution in [0.2, 0.25) is 0 Å². The Hall–Kier alpha value is -2.43. The molecule has 0 saturated carbocycles. The third-order valence-corrected chi connectivity index (χ3v) is 2.76. The van der Waals surface area contributed by atoms with Crippen molar-refractivity contribution in [2.24, 2.45) is 0 Å². The van der Waals surface area contributed by atoms with E-state index in [1.807, 2.05) is 0 Å². The van der Waals surface area contributed by atoms with E-state index in [0.29, 0.717) is 0 Å². The summed E-state index contributed by atoms with van der Waals surface area (Å²) in [7, 11) is -1.14. The Bertz CT molecular complexity index is 508. The van der Waals surface area contributed by atoms with Gasteiger partial charge in [-0.1, -0.05) is 64.3 Å². The van der Waals surface area contributed by atoms with Gasteiger partial charge in [-0.3, -0.25) is 0 Å². The molecule has 0 aromatic rings. The smallest absolute Gasteiger partial charge is 0.460 e. The summed E-state index contributed by atoms with van der Waals surface area (Å²) in [5, 5.41) is 0. The average Bonchev–Trinajstić information content (AvgIpc) is 2.63. The Labute approximate surface area is 209 Å². The van der Waals surface area contributed by atoms with Crippen LogP contribution in [0.25, 0.3) is 0 Å². The number of ether oxygens (including phenoxy) is 3. The number of hydrogen-bond acceptors (Lipinski definition) is 9. The van der Waals surface area contributed by atoms with Gasteiger partial charge < -0.3 is 28.2 Å². The lowest BCUT2D eigenvalue weighted by Crippen LogP contribution is -2.32. The minimum Gasteiger partial charge on any atom is -0.460 e. The van der Waals surface area contributed by atoms with Crippen LogP contribution >= 0.6 is 0 Å². The first-order valence-corrected chi connectivity index (χ1v) is 8.47. The molecule has 0 heterocycles. The standard InChI is InChI=1S/C18H27BO9.6CH4/c1-13(2)16(20)23-7-10-26-19(27-11-8-24-17(21)14(3)4)28-12-9-25-18(22)15(5)6;;;;;;/h1,3,5,7-12H2,2,4,6H3;6*1H4. The van der Waals surface area contributed by atoms with Gasteiger partial charge in [0.05, 0.1) is 19.8 Å². The molecule has 0 atom stereocenters. The fourth-order valence-corrected chi connectivity index (χ4v) is 1.35. The summed E-state index contributed by atoms with van der Waals surface area (Å²) < 4.78 is 30.6. The predicted molar refractivity (Wildman–Crippen MR) is 141 cm³/mol. The van der Waals surface area contributed by atoms with Crippen molar-refractivity contribution in [2.75, 3.05) is 39.6 Å². The predicted octanol–water partition coefficient (Wildman–Crippen LogP) is 5.20. The topological polar surface area (TPSA) is 107 Å². The molecule has 0 fully saturated rings. The molecule has 0 rings (SSSR count). The van der Waals surface area contributed by atoms with Crippen molar-refractivity contribution in [3.05, 3.63) is 36.5 Å². The fraction of sp³-hybridized carbons (Fsp3) is 0.625. The highest BCUT2D eigenvalue weighted by atomic mass is 16.7. The summed E-state index contributed by atoms with van der Waals surface area (Å²) >= 11 is 0. The largest absolute Gasteiger partial charge is 0.639 e. The molecule has 34 heavy (non-hydrogen) atoms. The highest BCUT2D eigenvalue weighted by Gasteiger charge is 2.22. The van der Waals surface area contributed by atoms with E-state index in [2.05, 4.69) is 19.7 Å². The molecule has 0 spiro atoms. The maximum absolute atomic E-state index is 11.3. The summed E-state index contributed by atoms with van der Waals surface area (Å²) in [5.74, 6) is -1.62. The summed E-state index contributed by atoms with van der Waals surface area (Å²) in [6, 6.07) is 0. The normalized spacial score (nSPS) is 8.21. The maximum Gasteiger partial charge on any atom is 0.639 e. The van der Waals surface area contributed by atoms with Crippen LogP contribution in [0, 0.1) is 0 Å². The Kier molecular flexibility index (Phi) is 41.1. The third kappa shape index (κ3) is 25.8. The quantitative estimate of drug-likeness (QED) is 0.0999. The number of carbonyl (C=O) groups is 3. The van der Waals surface area contributed by atoms with E-state index in [0.717, 1.165) is 0 Å². The van der Waals surface area contributed by atoms with Crippen molar-refractivity contribution in [3.63, 3.8) is 0 Å². The molecule has 0 aromatic carbocycles. The van der Waals surface area contributed by atoms with Gasteiger partial charge in [-0.25, -0.2) is 14.4 Å². The molecule has 0 saturated heterocycles. The van der Waals surface area contributed by atoms with E-state index in [1.165, 1.54) is 20.8 Å². The van der Waals surface area contributed by atoms with E-state index >= 15 is 0 Å². The zero-order chi connectivity index (χ0) is 21.5. The van der Waals surface area contributed by atoms with Crippen LogP contribution < -0.4 is 0 Å². The monoisotopic (exact) mass is 494 g/mol. The van der Waals surface area contributed by atoms with Crippen LogP contribution in [0.1, 0.15) is 65.3 Å². The summed E-state index contributed by atoms with van der Waals surface area (Å²) in [4.78, 5) is 33.9. The second kappa shape index (κ2) is 28.6. The highest BCUT2D eigenvalue weighted by Crippen LogP contribution is 1.98. The van der Waals surface area contributed by atoms with Gasteiger partial charge in [-0.05, 0) is 20.8 Å². The summed E-state index contributed by atoms with van der Waals surface area (Å²) in [5.41, 5.74) is 0.799. The van der Waals surface area contributed by atoms with Crippen molar-refractivity contribution in [1.82, 2.24) is 0 Å². The van der Waals surface area contributed by atoms with E-state index in [4.69, 9.17) is 28.2 Å². The average molecular weight is 494 g/mol. The fourth-order valence-electron chi connectivity index (χ4n) is 1.35. The van der Waals surface area contributed by atoms with E-state index in [1.54, 1.807) is 0 Å². The first-order valence-electron chi connectivity index (χ1n) is 8.47. The molecule has 0 bridgehead atoms. The molecule has 0 aliphatic rings. The third-order valence-electron chi connectivity index (χ3n) is 2.76. The van der Waals surface area contributed by atoms with Crippen molar-refractivity contribution in [1.29, 1.82) is 0 Å². The minimum atomic E-state index is -1.14. The number of hydrogen-bond donors (Lipinski definition) is 0. The minimum absolute atomic E-state index is 0. The summed E-state index contributed by atoms with van der Waals surface area (Å²) in [6.07, 6.45) is 0. The molecular weight excluding hydrogens is 443 g/mol. The van der Waals surface area contributed by atoms with E-state index < -0.39 is 25.2 Å². The molecule has 9 nitrogen and oxygen atoms in total. The zero-order valence-electron chi connectivity index (χ0n) is 16.6. The molecule has 0 aliphatic heterocycles. The van der Waals surface area contributed by atoms with Gasteiger partial charge in [0.25, 0.3) is 0 Å². The van der Waals surface area contributed by atoms with Gasteiger partial charge in [-0.15, -0.1) is 0 Å². The number of esters is 3. The van der Waals surface area contributed by atoms with Crippen LogP contribution in [-0.2, 0) is 42.6 Å². The first kappa shape index (κ1) is 48.9. The molecule has 204 valence electrons. The lowest BCUT2D eigenvalue weighted by molar-refractivity contribution is -0.140. The molecular formula is C24H51BO9. The second-order valence-corrected chi connectivity index (χ2v) is 5.65. The van der Waals surface area contributed by atoms with Crippen molar-refractivity contribution in [3.8, 4) is 0 Å². The van der Waals surface area contributed by atoms with Crippen molar-refractivity contribution >= 4 is 25.2 Å². The Morgan fingerprint density at radius 3 is 0.882 bits per heavy atom. The number of carbonyl (C=O) groups excluding carboxylic acids is 3. The van der Waals surface area contributed by atoms with Gasteiger partial charge in [0, 0.05) is 16.7 Å². The molecule has 0 aliphatic carbocycles. The Balaban J connectivity index is -0.000000243. The molecule has 0 radical (unpaired) electrons. The van der Waals surface area contributed by atoms with Gasteiger partial charge in [0.2, 0.25) is 0 Å². The highest BCUT2D eigenvalue weighted by molar-refractivity contribution is 6.36. The van der Waals surface area contributed by atoms with Crippen LogP contribution in [-0.4, -0.2) is 64.9 Å². The van der Waals surface area contributed by atoms with Gasteiger partial charge in [0.15, 0.2) is 0 Å². The van der Waals surface area contributed by atoms with Crippen LogP contribution in [0.4, 0.5) is 0 Å². The molecule has 0 aromatic heterocycles. The van der Waals surface area contributed by atoms with Crippen LogP contribution in [0.3, 0.4) is 0 Å². The molecule has 0 amide bonds. The van der Waals surface area contributed by atoms with Gasteiger partial charge in [-0.2, -0.15) is 0 Å². The van der Waals surface area contributed by atoms with Gasteiger partial charge in [0.1, 0.15) is 19.8 Å².